The fourth-order valence-electron chi connectivity index (χ4n) is 1.22. The summed E-state index contributed by atoms with van der Waals surface area (Å²) >= 11 is 3.55. The SMILES string of the molecule is Cc1ncc(CNC2=NCC(C)S2)s1. The molecule has 1 atom stereocenters. The van der Waals surface area contributed by atoms with E-state index in [1.165, 1.54) is 4.88 Å². The van der Waals surface area contributed by atoms with Crippen LogP contribution in [0.25, 0.3) is 0 Å². The van der Waals surface area contributed by atoms with Crippen molar-refractivity contribution in [3.63, 3.8) is 0 Å². The van der Waals surface area contributed by atoms with Gasteiger partial charge in [-0.25, -0.2) is 4.98 Å². The lowest BCUT2D eigenvalue weighted by Gasteiger charge is -2.03. The Hall–Kier alpha value is -0.550. The van der Waals surface area contributed by atoms with Crippen LogP contribution in [0.15, 0.2) is 11.2 Å². The molecule has 0 spiro atoms. The molecule has 14 heavy (non-hydrogen) atoms. The van der Waals surface area contributed by atoms with Crippen molar-refractivity contribution in [3.8, 4) is 0 Å². The van der Waals surface area contributed by atoms with E-state index >= 15 is 0 Å². The van der Waals surface area contributed by atoms with E-state index in [0.29, 0.717) is 5.25 Å². The van der Waals surface area contributed by atoms with Gasteiger partial charge < -0.3 is 5.32 Å². The zero-order valence-electron chi connectivity index (χ0n) is 8.28. The number of aliphatic imine (C=N–C) groups is 1. The summed E-state index contributed by atoms with van der Waals surface area (Å²) in [6.07, 6.45) is 1.93. The summed E-state index contributed by atoms with van der Waals surface area (Å²) in [6.45, 7) is 6.01. The molecular formula is C9H13N3S2. The van der Waals surface area contributed by atoms with Crippen LogP contribution >= 0.6 is 23.1 Å². The maximum absolute atomic E-state index is 4.39. The van der Waals surface area contributed by atoms with Gasteiger partial charge in [0, 0.05) is 16.3 Å². The van der Waals surface area contributed by atoms with E-state index in [1.54, 1.807) is 11.3 Å². The molecule has 5 heteroatoms. The van der Waals surface area contributed by atoms with Crippen LogP contribution in [0.2, 0.25) is 0 Å². The molecule has 1 aromatic rings. The van der Waals surface area contributed by atoms with E-state index in [9.17, 15) is 0 Å². The molecule has 76 valence electrons. The Labute approximate surface area is 92.0 Å². The van der Waals surface area contributed by atoms with Gasteiger partial charge in [-0.2, -0.15) is 0 Å². The Morgan fingerprint density at radius 3 is 3.07 bits per heavy atom. The van der Waals surface area contributed by atoms with Gasteiger partial charge in [0.1, 0.15) is 0 Å². The van der Waals surface area contributed by atoms with Gasteiger partial charge in [0.15, 0.2) is 5.17 Å². The summed E-state index contributed by atoms with van der Waals surface area (Å²) in [6, 6.07) is 0. The van der Waals surface area contributed by atoms with Crippen LogP contribution in [0.5, 0.6) is 0 Å². The van der Waals surface area contributed by atoms with Crippen molar-refractivity contribution in [1.29, 1.82) is 0 Å². The molecule has 1 N–H and O–H groups in total. The van der Waals surface area contributed by atoms with Gasteiger partial charge in [0.2, 0.25) is 0 Å². The summed E-state index contributed by atoms with van der Waals surface area (Å²) < 4.78 is 0. The largest absolute Gasteiger partial charge is 0.360 e. The minimum absolute atomic E-state index is 0.626. The van der Waals surface area contributed by atoms with Crippen LogP contribution in [0.4, 0.5) is 0 Å². The third kappa shape index (κ3) is 2.48. The Balaban J connectivity index is 1.83. The molecule has 1 unspecified atom stereocenters. The Morgan fingerprint density at radius 2 is 2.50 bits per heavy atom. The van der Waals surface area contributed by atoms with E-state index in [4.69, 9.17) is 0 Å². The standard InChI is InChI=1S/C9H13N3S2/c1-6-3-11-9(13-6)12-5-8-4-10-7(2)14-8/h4,6H,3,5H2,1-2H3,(H,11,12). The molecule has 0 aliphatic carbocycles. The third-order valence-corrected chi connectivity index (χ3v) is 3.85. The number of rotatable bonds is 2. The zero-order chi connectivity index (χ0) is 9.97. The monoisotopic (exact) mass is 227 g/mol. The highest BCUT2D eigenvalue weighted by Crippen LogP contribution is 2.19. The maximum atomic E-state index is 4.39. The van der Waals surface area contributed by atoms with Gasteiger partial charge in [-0.15, -0.1) is 11.3 Å². The first kappa shape index (κ1) is 9.98. The summed E-state index contributed by atoms with van der Waals surface area (Å²) in [5, 5.41) is 6.14. The molecule has 1 aliphatic rings. The third-order valence-electron chi connectivity index (χ3n) is 1.89. The average molecular weight is 227 g/mol. The number of aryl methyl sites for hydroxylation is 1. The highest BCUT2D eigenvalue weighted by atomic mass is 32.2. The molecule has 1 aromatic heterocycles. The Morgan fingerprint density at radius 1 is 1.64 bits per heavy atom. The topological polar surface area (TPSA) is 37.3 Å². The van der Waals surface area contributed by atoms with Gasteiger partial charge in [-0.1, -0.05) is 18.7 Å². The molecule has 0 amide bonds. The minimum atomic E-state index is 0.626. The molecule has 0 saturated carbocycles. The van der Waals surface area contributed by atoms with E-state index in [0.717, 1.165) is 23.3 Å². The van der Waals surface area contributed by atoms with Crippen molar-refractivity contribution in [1.82, 2.24) is 10.3 Å². The second-order valence-corrected chi connectivity index (χ2v) is 6.02. The van der Waals surface area contributed by atoms with Gasteiger partial charge in [0.05, 0.1) is 18.1 Å². The second-order valence-electron chi connectivity index (χ2n) is 3.27. The minimum Gasteiger partial charge on any atom is -0.360 e. The van der Waals surface area contributed by atoms with E-state index in [1.807, 2.05) is 24.9 Å². The van der Waals surface area contributed by atoms with Crippen molar-refractivity contribution in [2.24, 2.45) is 4.99 Å². The maximum Gasteiger partial charge on any atom is 0.157 e. The fourth-order valence-corrected chi connectivity index (χ4v) is 2.79. The van der Waals surface area contributed by atoms with Crippen molar-refractivity contribution in [2.75, 3.05) is 6.54 Å². The number of nitrogens with one attached hydrogen (secondary N) is 1. The van der Waals surface area contributed by atoms with Gasteiger partial charge >= 0.3 is 0 Å². The second kappa shape index (κ2) is 4.31. The van der Waals surface area contributed by atoms with E-state index in [2.05, 4.69) is 22.2 Å². The molecular weight excluding hydrogens is 214 g/mol. The molecule has 2 heterocycles. The summed E-state index contributed by atoms with van der Waals surface area (Å²) in [5.74, 6) is 0. The first-order valence-electron chi connectivity index (χ1n) is 4.60. The number of aromatic nitrogens is 1. The average Bonchev–Trinajstić information content (AvgIpc) is 2.72. The number of thiazole rings is 1. The summed E-state index contributed by atoms with van der Waals surface area (Å²) in [4.78, 5) is 9.87. The van der Waals surface area contributed by atoms with Crippen molar-refractivity contribution < 1.29 is 0 Å². The van der Waals surface area contributed by atoms with E-state index in [-0.39, 0.29) is 0 Å². The van der Waals surface area contributed by atoms with Crippen LogP contribution in [0.1, 0.15) is 16.8 Å². The van der Waals surface area contributed by atoms with E-state index < -0.39 is 0 Å². The molecule has 2 rings (SSSR count). The van der Waals surface area contributed by atoms with Gasteiger partial charge in [-0.3, -0.25) is 4.99 Å². The highest BCUT2D eigenvalue weighted by molar-refractivity contribution is 8.14. The van der Waals surface area contributed by atoms with Crippen molar-refractivity contribution in [2.45, 2.75) is 25.6 Å². The smallest absolute Gasteiger partial charge is 0.157 e. The van der Waals surface area contributed by atoms with Crippen LogP contribution in [0, 0.1) is 6.92 Å². The lowest BCUT2D eigenvalue weighted by atomic mass is 10.5. The number of hydrogen-bond acceptors (Lipinski definition) is 5. The molecule has 0 saturated heterocycles. The molecule has 1 aliphatic heterocycles. The zero-order valence-corrected chi connectivity index (χ0v) is 9.91. The lowest BCUT2D eigenvalue weighted by molar-refractivity contribution is 0.925. The van der Waals surface area contributed by atoms with Crippen LogP contribution < -0.4 is 5.32 Å². The number of thioether (sulfide) groups is 1. The molecule has 0 bridgehead atoms. The van der Waals surface area contributed by atoms with Crippen LogP contribution in [0.3, 0.4) is 0 Å². The number of hydrogen-bond donors (Lipinski definition) is 1. The van der Waals surface area contributed by atoms with Crippen molar-refractivity contribution >= 4 is 28.3 Å². The number of nitrogens with zero attached hydrogens (tertiary/aromatic N) is 2. The van der Waals surface area contributed by atoms with Gasteiger partial charge in [-0.05, 0) is 6.92 Å². The quantitative estimate of drug-likeness (QED) is 0.840. The van der Waals surface area contributed by atoms with Gasteiger partial charge in [0.25, 0.3) is 0 Å². The molecule has 3 nitrogen and oxygen atoms in total. The predicted octanol–water partition coefficient (Wildman–Crippen LogP) is 2.03. The first-order valence-corrected chi connectivity index (χ1v) is 6.30. The summed E-state index contributed by atoms with van der Waals surface area (Å²) in [5.41, 5.74) is 0. The Kier molecular flexibility index (Phi) is 3.08. The normalized spacial score (nSPS) is 21.0. The van der Waals surface area contributed by atoms with Crippen molar-refractivity contribution in [3.05, 3.63) is 16.1 Å². The highest BCUT2D eigenvalue weighted by Gasteiger charge is 2.14. The fraction of sp³-hybridized carbons (Fsp3) is 0.556. The summed E-state index contributed by atoms with van der Waals surface area (Å²) in [7, 11) is 0. The molecule has 0 fully saturated rings. The lowest BCUT2D eigenvalue weighted by Crippen LogP contribution is -2.17. The Bertz CT molecular complexity index is 346. The number of amidine groups is 1. The molecule has 0 aromatic carbocycles. The van der Waals surface area contributed by atoms with Crippen LogP contribution in [-0.2, 0) is 6.54 Å². The van der Waals surface area contributed by atoms with Crippen LogP contribution in [-0.4, -0.2) is 21.9 Å². The predicted molar refractivity (Wildman–Crippen MR) is 63.0 cm³/mol. The first-order chi connectivity index (χ1) is 6.74. The molecule has 0 radical (unpaired) electrons.